The lowest BCUT2D eigenvalue weighted by Crippen LogP contribution is -2.30. The zero-order valence-electron chi connectivity index (χ0n) is 13.2. The summed E-state index contributed by atoms with van der Waals surface area (Å²) in [4.78, 5) is 13.3. The number of pyridine rings is 1. The Kier molecular flexibility index (Phi) is 5.66. The van der Waals surface area contributed by atoms with Crippen LogP contribution in [0.4, 0.5) is 11.8 Å². The highest BCUT2D eigenvalue weighted by molar-refractivity contribution is 5.60. The van der Waals surface area contributed by atoms with Crippen molar-refractivity contribution in [2.75, 3.05) is 23.8 Å². The van der Waals surface area contributed by atoms with Gasteiger partial charge < -0.3 is 15.7 Å². The van der Waals surface area contributed by atoms with E-state index in [1.54, 1.807) is 6.20 Å². The van der Waals surface area contributed by atoms with Crippen molar-refractivity contribution in [3.05, 3.63) is 30.5 Å². The van der Waals surface area contributed by atoms with Crippen LogP contribution >= 0.6 is 0 Å². The van der Waals surface area contributed by atoms with E-state index in [0.29, 0.717) is 5.95 Å². The van der Waals surface area contributed by atoms with Gasteiger partial charge >= 0.3 is 0 Å². The molecule has 0 aliphatic rings. The fourth-order valence-electron chi connectivity index (χ4n) is 2.02. The van der Waals surface area contributed by atoms with Crippen LogP contribution in [0.1, 0.15) is 20.8 Å². The lowest BCUT2D eigenvalue weighted by atomic mass is 10.1. The molecule has 2 aromatic heterocycles. The van der Waals surface area contributed by atoms with Gasteiger partial charge in [0.15, 0.2) is 0 Å². The van der Waals surface area contributed by atoms with Gasteiger partial charge in [0.1, 0.15) is 5.82 Å². The largest absolute Gasteiger partial charge is 0.394 e. The van der Waals surface area contributed by atoms with Crippen LogP contribution in [-0.2, 0) is 0 Å². The van der Waals surface area contributed by atoms with Gasteiger partial charge in [-0.15, -0.1) is 0 Å². The molecule has 1 atom stereocenters. The first-order chi connectivity index (χ1) is 10.6. The molecule has 6 nitrogen and oxygen atoms in total. The monoisotopic (exact) mass is 301 g/mol. The number of rotatable bonds is 7. The molecule has 0 aromatic carbocycles. The number of aliphatic hydroxyl groups is 1. The van der Waals surface area contributed by atoms with Crippen molar-refractivity contribution in [3.8, 4) is 11.4 Å². The summed E-state index contributed by atoms with van der Waals surface area (Å²) in [5, 5.41) is 15.9. The third kappa shape index (κ3) is 4.14. The maximum Gasteiger partial charge on any atom is 0.225 e. The van der Waals surface area contributed by atoms with Crippen LogP contribution in [0.2, 0.25) is 0 Å². The van der Waals surface area contributed by atoms with Crippen LogP contribution in [0.25, 0.3) is 11.4 Å². The first-order valence-corrected chi connectivity index (χ1v) is 7.55. The van der Waals surface area contributed by atoms with Crippen molar-refractivity contribution < 1.29 is 5.11 Å². The standard InChI is InChI=1S/C16H23N5O/c1-4-17-15-9-13(12-7-5-6-8-18-12)19-16(21-15)20-14(10-22)11(2)3/h5-9,11,14,22H,4,10H2,1-3H3,(H2,17,19,20,21)/t14-/m1/s1. The summed E-state index contributed by atoms with van der Waals surface area (Å²) in [6.45, 7) is 6.90. The SMILES string of the molecule is CCNc1cc(-c2ccccn2)nc(N[C@H](CO)C(C)C)n1. The molecule has 2 aromatic rings. The molecule has 0 radical (unpaired) electrons. The van der Waals surface area contributed by atoms with E-state index < -0.39 is 0 Å². The van der Waals surface area contributed by atoms with E-state index in [0.717, 1.165) is 23.8 Å². The molecular formula is C16H23N5O. The summed E-state index contributed by atoms with van der Waals surface area (Å²) in [5.74, 6) is 1.50. The highest BCUT2D eigenvalue weighted by Gasteiger charge is 2.15. The molecule has 2 rings (SSSR count). The normalized spacial score (nSPS) is 12.2. The maximum atomic E-state index is 9.47. The summed E-state index contributed by atoms with van der Waals surface area (Å²) in [7, 11) is 0. The third-order valence-corrected chi connectivity index (χ3v) is 3.33. The van der Waals surface area contributed by atoms with Gasteiger partial charge in [0, 0.05) is 18.8 Å². The summed E-state index contributed by atoms with van der Waals surface area (Å²) in [6, 6.07) is 7.49. The molecule has 0 aliphatic heterocycles. The fourth-order valence-corrected chi connectivity index (χ4v) is 2.02. The smallest absolute Gasteiger partial charge is 0.225 e. The first kappa shape index (κ1) is 16.2. The van der Waals surface area contributed by atoms with E-state index in [1.165, 1.54) is 0 Å². The Morgan fingerprint density at radius 2 is 2.00 bits per heavy atom. The molecule has 6 heteroatoms. The topological polar surface area (TPSA) is 83.0 Å². The van der Waals surface area contributed by atoms with Crippen LogP contribution in [0.5, 0.6) is 0 Å². The van der Waals surface area contributed by atoms with E-state index >= 15 is 0 Å². The number of anilines is 2. The second-order valence-electron chi connectivity index (χ2n) is 5.38. The van der Waals surface area contributed by atoms with Crippen molar-refractivity contribution in [2.24, 2.45) is 5.92 Å². The number of nitrogens with zero attached hydrogens (tertiary/aromatic N) is 3. The van der Waals surface area contributed by atoms with Gasteiger partial charge in [0.25, 0.3) is 0 Å². The zero-order valence-corrected chi connectivity index (χ0v) is 13.2. The van der Waals surface area contributed by atoms with Crippen molar-refractivity contribution in [3.63, 3.8) is 0 Å². The molecule has 0 unspecified atom stereocenters. The molecule has 0 bridgehead atoms. The van der Waals surface area contributed by atoms with Gasteiger partial charge in [0.2, 0.25) is 5.95 Å². The Labute approximate surface area is 131 Å². The predicted molar refractivity (Wildman–Crippen MR) is 88.8 cm³/mol. The van der Waals surface area contributed by atoms with Crippen LogP contribution in [0.15, 0.2) is 30.5 Å². The molecule has 2 heterocycles. The number of hydrogen-bond acceptors (Lipinski definition) is 6. The number of hydrogen-bond donors (Lipinski definition) is 3. The highest BCUT2D eigenvalue weighted by atomic mass is 16.3. The lowest BCUT2D eigenvalue weighted by molar-refractivity contribution is 0.248. The average Bonchev–Trinajstić information content (AvgIpc) is 2.53. The van der Waals surface area contributed by atoms with E-state index in [1.807, 2.05) is 45.0 Å². The Morgan fingerprint density at radius 3 is 2.59 bits per heavy atom. The van der Waals surface area contributed by atoms with Gasteiger partial charge in [-0.05, 0) is 25.0 Å². The number of aliphatic hydroxyl groups excluding tert-OH is 1. The minimum atomic E-state index is -0.0894. The molecule has 0 saturated heterocycles. The first-order valence-electron chi connectivity index (χ1n) is 7.55. The van der Waals surface area contributed by atoms with Gasteiger partial charge in [-0.2, -0.15) is 4.98 Å². The second kappa shape index (κ2) is 7.70. The summed E-state index contributed by atoms with van der Waals surface area (Å²) < 4.78 is 0. The maximum absolute atomic E-state index is 9.47. The fraction of sp³-hybridized carbons (Fsp3) is 0.438. The predicted octanol–water partition coefficient (Wildman–Crippen LogP) is 2.40. The zero-order chi connectivity index (χ0) is 15.9. The van der Waals surface area contributed by atoms with Crippen LogP contribution in [-0.4, -0.2) is 39.3 Å². The summed E-state index contributed by atoms with van der Waals surface area (Å²) >= 11 is 0. The van der Waals surface area contributed by atoms with Gasteiger partial charge in [-0.3, -0.25) is 4.98 Å². The minimum Gasteiger partial charge on any atom is -0.394 e. The molecule has 22 heavy (non-hydrogen) atoms. The molecule has 0 amide bonds. The van der Waals surface area contributed by atoms with Gasteiger partial charge in [0.05, 0.1) is 24.0 Å². The Bertz CT molecular complexity index is 588. The van der Waals surface area contributed by atoms with Crippen LogP contribution in [0, 0.1) is 5.92 Å². The molecule has 0 aliphatic carbocycles. The van der Waals surface area contributed by atoms with Gasteiger partial charge in [-0.1, -0.05) is 19.9 Å². The Balaban J connectivity index is 2.35. The van der Waals surface area contributed by atoms with Crippen molar-refractivity contribution in [2.45, 2.75) is 26.8 Å². The molecule has 3 N–H and O–H groups in total. The van der Waals surface area contributed by atoms with Crippen molar-refractivity contribution in [1.82, 2.24) is 15.0 Å². The third-order valence-electron chi connectivity index (χ3n) is 3.33. The Hall–Kier alpha value is -2.21. The van der Waals surface area contributed by atoms with Gasteiger partial charge in [-0.25, -0.2) is 4.98 Å². The summed E-state index contributed by atoms with van der Waals surface area (Å²) in [5.41, 5.74) is 1.53. The Morgan fingerprint density at radius 1 is 1.18 bits per heavy atom. The van der Waals surface area contributed by atoms with E-state index in [-0.39, 0.29) is 18.6 Å². The highest BCUT2D eigenvalue weighted by Crippen LogP contribution is 2.20. The average molecular weight is 301 g/mol. The van der Waals surface area contributed by atoms with E-state index in [4.69, 9.17) is 0 Å². The lowest BCUT2D eigenvalue weighted by Gasteiger charge is -2.20. The summed E-state index contributed by atoms with van der Waals surface area (Å²) in [6.07, 6.45) is 1.74. The minimum absolute atomic E-state index is 0.0331. The van der Waals surface area contributed by atoms with Crippen molar-refractivity contribution >= 4 is 11.8 Å². The van der Waals surface area contributed by atoms with Crippen molar-refractivity contribution in [1.29, 1.82) is 0 Å². The molecule has 0 saturated carbocycles. The number of nitrogens with one attached hydrogen (secondary N) is 2. The van der Waals surface area contributed by atoms with E-state index in [9.17, 15) is 5.11 Å². The van der Waals surface area contributed by atoms with E-state index in [2.05, 4.69) is 25.6 Å². The molecule has 0 spiro atoms. The quantitative estimate of drug-likeness (QED) is 0.728. The molecular weight excluding hydrogens is 278 g/mol. The molecule has 118 valence electrons. The molecule has 0 fully saturated rings. The second-order valence-corrected chi connectivity index (χ2v) is 5.38. The van der Waals surface area contributed by atoms with Crippen LogP contribution in [0.3, 0.4) is 0 Å². The van der Waals surface area contributed by atoms with Crippen LogP contribution < -0.4 is 10.6 Å². The number of aromatic nitrogens is 3.